The van der Waals surface area contributed by atoms with E-state index in [1.165, 1.54) is 0 Å². The van der Waals surface area contributed by atoms with Gasteiger partial charge in [0.15, 0.2) is 0 Å². The topological polar surface area (TPSA) is 47.0 Å². The molecule has 0 saturated carbocycles. The summed E-state index contributed by atoms with van der Waals surface area (Å²) < 4.78 is 21.8. The fourth-order valence-electron chi connectivity index (χ4n) is 1.30. The Balaban J connectivity index is 2.51. The molecule has 0 unspecified atom stereocenters. The Hall–Kier alpha value is -1.86. The third-order valence-corrected chi connectivity index (χ3v) is 2.46. The van der Waals surface area contributed by atoms with Gasteiger partial charge in [0.1, 0.15) is 0 Å². The van der Waals surface area contributed by atoms with Gasteiger partial charge < -0.3 is 0 Å². The van der Waals surface area contributed by atoms with Gasteiger partial charge >= 0.3 is 0 Å². The zero-order valence-electron chi connectivity index (χ0n) is 8.64. The molecule has 1 aromatic carbocycles. The fourth-order valence-corrected chi connectivity index (χ4v) is 1.61. The van der Waals surface area contributed by atoms with Crippen molar-refractivity contribution in [1.29, 1.82) is 0 Å². The first-order chi connectivity index (χ1) is 7.54. The van der Waals surface area contributed by atoms with Crippen LogP contribution in [-0.2, 0) is 9.84 Å². The number of benzene rings is 1. The molecule has 0 aliphatic carbocycles. The van der Waals surface area contributed by atoms with Crippen molar-refractivity contribution in [1.82, 2.24) is 4.98 Å². The van der Waals surface area contributed by atoms with Crippen LogP contribution in [0.4, 0.5) is 0 Å². The molecule has 16 heavy (non-hydrogen) atoms. The Morgan fingerprint density at radius 1 is 1.25 bits per heavy atom. The van der Waals surface area contributed by atoms with E-state index in [0.717, 1.165) is 17.2 Å². The maximum Gasteiger partial charge on any atom is 0.214 e. The molecular formula is C12H9NO2S. The second-order valence-corrected chi connectivity index (χ2v) is 5.16. The summed E-state index contributed by atoms with van der Waals surface area (Å²) in [7, 11) is -3.25. The van der Waals surface area contributed by atoms with Crippen LogP contribution in [0.25, 0.3) is 10.9 Å². The monoisotopic (exact) mass is 231 g/mol. The second kappa shape index (κ2) is 3.95. The van der Waals surface area contributed by atoms with Gasteiger partial charge in [-0.05, 0) is 24.3 Å². The molecule has 0 aliphatic heterocycles. The highest BCUT2D eigenvalue weighted by Crippen LogP contribution is 2.12. The lowest BCUT2D eigenvalue weighted by Gasteiger charge is -1.96. The molecule has 0 bridgehead atoms. The van der Waals surface area contributed by atoms with Crippen LogP contribution in [0.1, 0.15) is 5.56 Å². The number of aromatic nitrogens is 1. The SMILES string of the molecule is CS(=O)(=O)C#Cc1ccc2ncccc2c1. The van der Waals surface area contributed by atoms with Crippen LogP contribution in [-0.4, -0.2) is 19.7 Å². The van der Waals surface area contributed by atoms with Crippen molar-refractivity contribution in [2.45, 2.75) is 0 Å². The molecule has 0 fully saturated rings. The molecule has 1 heterocycles. The van der Waals surface area contributed by atoms with Crippen molar-refractivity contribution in [2.75, 3.05) is 6.26 Å². The predicted molar refractivity (Wildman–Crippen MR) is 63.5 cm³/mol. The molecule has 0 N–H and O–H groups in total. The lowest BCUT2D eigenvalue weighted by molar-refractivity contribution is 0.611. The van der Waals surface area contributed by atoms with Gasteiger partial charge in [-0.15, -0.1) is 0 Å². The first kappa shape index (κ1) is 10.7. The van der Waals surface area contributed by atoms with E-state index in [-0.39, 0.29) is 0 Å². The maximum absolute atomic E-state index is 10.9. The van der Waals surface area contributed by atoms with Crippen molar-refractivity contribution < 1.29 is 8.42 Å². The molecule has 0 aliphatic rings. The van der Waals surface area contributed by atoms with Crippen molar-refractivity contribution in [3.63, 3.8) is 0 Å². The summed E-state index contributed by atoms with van der Waals surface area (Å²) >= 11 is 0. The molecule has 0 amide bonds. The molecule has 0 atom stereocenters. The van der Waals surface area contributed by atoms with Gasteiger partial charge in [-0.3, -0.25) is 4.98 Å². The van der Waals surface area contributed by atoms with Crippen LogP contribution in [0, 0.1) is 11.2 Å². The van der Waals surface area contributed by atoms with Gasteiger partial charge in [0.05, 0.1) is 11.8 Å². The van der Waals surface area contributed by atoms with E-state index in [4.69, 9.17) is 0 Å². The first-order valence-electron chi connectivity index (χ1n) is 4.62. The molecule has 2 rings (SSSR count). The van der Waals surface area contributed by atoms with Crippen molar-refractivity contribution in [3.05, 3.63) is 42.1 Å². The molecule has 0 saturated heterocycles. The number of rotatable bonds is 0. The van der Waals surface area contributed by atoms with Crippen LogP contribution in [0.3, 0.4) is 0 Å². The number of fused-ring (bicyclic) bond motifs is 1. The van der Waals surface area contributed by atoms with Gasteiger partial charge in [0.25, 0.3) is 0 Å². The second-order valence-electron chi connectivity index (χ2n) is 3.41. The quantitative estimate of drug-likeness (QED) is 0.647. The summed E-state index contributed by atoms with van der Waals surface area (Å²) in [5.41, 5.74) is 1.54. The Bertz CT molecular complexity index is 694. The zero-order valence-corrected chi connectivity index (χ0v) is 9.45. The molecule has 1 aromatic heterocycles. The summed E-state index contributed by atoms with van der Waals surface area (Å²) in [6.45, 7) is 0. The first-order valence-corrected chi connectivity index (χ1v) is 6.51. The summed E-state index contributed by atoms with van der Waals surface area (Å²) in [6, 6.07) is 9.14. The van der Waals surface area contributed by atoms with Crippen LogP contribution in [0.5, 0.6) is 0 Å². The maximum atomic E-state index is 10.9. The summed E-state index contributed by atoms with van der Waals surface area (Å²) in [5, 5.41) is 3.15. The van der Waals surface area contributed by atoms with E-state index in [1.54, 1.807) is 12.3 Å². The van der Waals surface area contributed by atoms with Gasteiger partial charge in [-0.2, -0.15) is 0 Å². The van der Waals surface area contributed by atoms with Crippen LogP contribution in [0.15, 0.2) is 36.5 Å². The minimum atomic E-state index is -3.25. The lowest BCUT2D eigenvalue weighted by atomic mass is 10.1. The Morgan fingerprint density at radius 3 is 2.81 bits per heavy atom. The predicted octanol–water partition coefficient (Wildman–Crippen LogP) is 1.59. The Morgan fingerprint density at radius 2 is 2.06 bits per heavy atom. The molecule has 3 nitrogen and oxygen atoms in total. The average molecular weight is 231 g/mol. The molecule has 80 valence electrons. The third kappa shape index (κ3) is 2.59. The van der Waals surface area contributed by atoms with E-state index in [1.807, 2.05) is 24.3 Å². The van der Waals surface area contributed by atoms with Gasteiger partial charge in [0, 0.05) is 22.4 Å². The van der Waals surface area contributed by atoms with E-state index in [2.05, 4.69) is 16.2 Å². The molecule has 0 radical (unpaired) electrons. The highest BCUT2D eigenvalue weighted by Gasteiger charge is 1.95. The normalized spacial score (nSPS) is 10.8. The largest absolute Gasteiger partial charge is 0.256 e. The highest BCUT2D eigenvalue weighted by atomic mass is 32.2. The van der Waals surface area contributed by atoms with Gasteiger partial charge in [0.2, 0.25) is 9.84 Å². The summed E-state index contributed by atoms with van der Waals surface area (Å²) in [6.07, 6.45) is 2.80. The van der Waals surface area contributed by atoms with Crippen molar-refractivity contribution in [2.24, 2.45) is 0 Å². The van der Waals surface area contributed by atoms with Crippen LogP contribution < -0.4 is 0 Å². The minimum absolute atomic E-state index is 0.672. The van der Waals surface area contributed by atoms with Crippen molar-refractivity contribution >= 4 is 20.7 Å². The number of sulfone groups is 1. The van der Waals surface area contributed by atoms with Crippen LogP contribution in [0.2, 0.25) is 0 Å². The number of hydrogen-bond donors (Lipinski definition) is 0. The Kier molecular flexibility index (Phi) is 2.63. The summed E-state index contributed by atoms with van der Waals surface area (Å²) in [4.78, 5) is 4.16. The third-order valence-electron chi connectivity index (χ3n) is 1.98. The van der Waals surface area contributed by atoms with Crippen LogP contribution >= 0.6 is 0 Å². The van der Waals surface area contributed by atoms with E-state index in [9.17, 15) is 8.42 Å². The molecule has 2 aromatic rings. The van der Waals surface area contributed by atoms with E-state index in [0.29, 0.717) is 5.56 Å². The smallest absolute Gasteiger partial charge is 0.214 e. The molecule has 0 spiro atoms. The van der Waals surface area contributed by atoms with E-state index < -0.39 is 9.84 Å². The minimum Gasteiger partial charge on any atom is -0.256 e. The van der Waals surface area contributed by atoms with Gasteiger partial charge in [-0.25, -0.2) is 8.42 Å². The van der Waals surface area contributed by atoms with Crippen molar-refractivity contribution in [3.8, 4) is 11.2 Å². The van der Waals surface area contributed by atoms with Gasteiger partial charge in [-0.1, -0.05) is 12.0 Å². The fraction of sp³-hybridized carbons (Fsp3) is 0.0833. The number of nitrogens with zero attached hydrogens (tertiary/aromatic N) is 1. The lowest BCUT2D eigenvalue weighted by Crippen LogP contribution is -1.89. The molecular weight excluding hydrogens is 222 g/mol. The Labute approximate surface area is 94.1 Å². The highest BCUT2D eigenvalue weighted by molar-refractivity contribution is 7.95. The number of pyridine rings is 1. The molecule has 4 heteroatoms. The zero-order chi connectivity index (χ0) is 11.6. The average Bonchev–Trinajstić information content (AvgIpc) is 2.25. The summed E-state index contributed by atoms with van der Waals surface area (Å²) in [5.74, 6) is 2.61. The number of hydrogen-bond acceptors (Lipinski definition) is 3. The standard InChI is InChI=1S/C12H9NO2S/c1-16(14,15)8-6-10-4-5-12-11(9-10)3-2-7-13-12/h2-5,7,9H,1H3. The van der Waals surface area contributed by atoms with E-state index >= 15 is 0 Å².